The minimum Gasteiger partial charge on any atom is -0.512 e. The van der Waals surface area contributed by atoms with Gasteiger partial charge < -0.3 is 10.2 Å². The molecule has 0 radical (unpaired) electrons. The van der Waals surface area contributed by atoms with Gasteiger partial charge in [0.25, 0.3) is 0 Å². The summed E-state index contributed by atoms with van der Waals surface area (Å²) >= 11 is 0. The summed E-state index contributed by atoms with van der Waals surface area (Å²) in [4.78, 5) is 18.7. The first-order valence-electron chi connectivity index (χ1n) is 8.22. The Bertz CT molecular complexity index is 742. The van der Waals surface area contributed by atoms with Crippen LogP contribution in [0.25, 0.3) is 11.1 Å². The molecule has 0 aliphatic rings. The molecule has 2 rings (SSSR count). The SMILES string of the molecule is CC(=[OH+])/C(=C(/C)O)c1ccccc1.CC(=[OH+])/C(=C(/C)O)c1ccccc1.[Hf]. The quantitative estimate of drug-likeness (QED) is 0.249. The second kappa shape index (κ2) is 12.2. The number of rotatable bonds is 4. The fourth-order valence-corrected chi connectivity index (χ4v) is 2.57. The normalized spacial score (nSPS) is 11.7. The summed E-state index contributed by atoms with van der Waals surface area (Å²) in [6.45, 7) is 6.23. The molecule has 0 amide bonds. The van der Waals surface area contributed by atoms with Gasteiger partial charge in [0.05, 0.1) is 13.8 Å². The van der Waals surface area contributed by atoms with Crippen molar-refractivity contribution in [2.75, 3.05) is 0 Å². The molecule has 0 aliphatic carbocycles. The maximum absolute atomic E-state index is 9.33. The van der Waals surface area contributed by atoms with Crippen LogP contribution in [0.5, 0.6) is 0 Å². The van der Waals surface area contributed by atoms with Crippen molar-refractivity contribution in [1.82, 2.24) is 0 Å². The Morgan fingerprint density at radius 3 is 1.04 bits per heavy atom. The number of carbonyl (C=O) groups excluding carboxylic acids is 2. The minimum absolute atomic E-state index is 0. The van der Waals surface area contributed by atoms with E-state index in [2.05, 4.69) is 0 Å². The Morgan fingerprint density at radius 1 is 0.593 bits per heavy atom. The molecule has 4 nitrogen and oxygen atoms in total. The third-order valence-corrected chi connectivity index (χ3v) is 3.57. The van der Waals surface area contributed by atoms with E-state index in [1.165, 1.54) is 0 Å². The molecule has 2 aromatic rings. The summed E-state index contributed by atoms with van der Waals surface area (Å²) in [6.07, 6.45) is 0. The maximum Gasteiger partial charge on any atom is 0.324 e. The Hall–Kier alpha value is -2.27. The van der Waals surface area contributed by atoms with E-state index in [-0.39, 0.29) is 48.9 Å². The van der Waals surface area contributed by atoms with Crippen molar-refractivity contribution in [3.63, 3.8) is 0 Å². The summed E-state index contributed by atoms with van der Waals surface area (Å²) in [6, 6.07) is 18.6. The van der Waals surface area contributed by atoms with Gasteiger partial charge in [-0.3, -0.25) is 9.59 Å². The minimum atomic E-state index is 0. The largest absolute Gasteiger partial charge is 0.512 e. The van der Waals surface area contributed by atoms with Crippen LogP contribution in [0.2, 0.25) is 0 Å². The third-order valence-electron chi connectivity index (χ3n) is 3.57. The van der Waals surface area contributed by atoms with Crippen molar-refractivity contribution in [3.8, 4) is 0 Å². The summed E-state index contributed by atoms with van der Waals surface area (Å²) in [7, 11) is 0. The molecule has 0 unspecified atom stereocenters. The van der Waals surface area contributed by atoms with Gasteiger partial charge in [-0.2, -0.15) is 0 Å². The van der Waals surface area contributed by atoms with Gasteiger partial charge in [0.2, 0.25) is 0 Å². The average molecular weight is 533 g/mol. The van der Waals surface area contributed by atoms with E-state index < -0.39 is 0 Å². The molecule has 0 aromatic heterocycles. The fourth-order valence-electron chi connectivity index (χ4n) is 2.57. The predicted octanol–water partition coefficient (Wildman–Crippen LogP) is 5.08. The van der Waals surface area contributed by atoms with Crippen molar-refractivity contribution in [2.45, 2.75) is 27.7 Å². The van der Waals surface area contributed by atoms with Crippen LogP contribution >= 0.6 is 0 Å². The molecule has 0 spiro atoms. The van der Waals surface area contributed by atoms with Gasteiger partial charge in [0.1, 0.15) is 22.7 Å². The number of ketones is 2. The number of benzene rings is 2. The molecule has 0 aliphatic heterocycles. The van der Waals surface area contributed by atoms with Crippen LogP contribution < -0.4 is 0 Å². The van der Waals surface area contributed by atoms with Crippen molar-refractivity contribution in [3.05, 3.63) is 83.3 Å². The number of allylic oxidation sites excluding steroid dienone is 4. The average Bonchev–Trinajstić information content (AvgIpc) is 2.56. The first-order valence-corrected chi connectivity index (χ1v) is 8.22. The van der Waals surface area contributed by atoms with Crippen LogP contribution in [-0.4, -0.2) is 31.4 Å². The molecule has 4 N–H and O–H groups in total. The Kier molecular flexibility index (Phi) is 11.2. The van der Waals surface area contributed by atoms with Crippen LogP contribution in [0.15, 0.2) is 72.2 Å². The zero-order valence-electron chi connectivity index (χ0n) is 16.1. The number of aliphatic hydroxyl groups is 2. The molecule has 0 saturated carbocycles. The Labute approximate surface area is 179 Å². The second-order valence-electron chi connectivity index (χ2n) is 5.82. The van der Waals surface area contributed by atoms with E-state index in [1.54, 1.807) is 27.7 Å². The topological polar surface area (TPSA) is 83.3 Å². The molecule has 5 heteroatoms. The van der Waals surface area contributed by atoms with Crippen molar-refractivity contribution < 1.29 is 45.6 Å². The molecular formula is C22H26HfO4+2. The number of hydrogen-bond donors (Lipinski definition) is 2. The summed E-state index contributed by atoms with van der Waals surface area (Å²) in [5.41, 5.74) is 2.64. The summed E-state index contributed by atoms with van der Waals surface area (Å²) < 4.78 is 0. The number of hydrogen-bond acceptors (Lipinski definition) is 2. The molecule has 0 atom stereocenters. The predicted molar refractivity (Wildman–Crippen MR) is 109 cm³/mol. The number of aliphatic hydroxyl groups excluding tert-OH is 2. The molecule has 140 valence electrons. The van der Waals surface area contributed by atoms with Crippen LogP contribution in [0.4, 0.5) is 0 Å². The van der Waals surface area contributed by atoms with Crippen molar-refractivity contribution in [2.24, 2.45) is 0 Å². The van der Waals surface area contributed by atoms with E-state index in [1.807, 2.05) is 60.7 Å². The zero-order chi connectivity index (χ0) is 19.7. The molecule has 27 heavy (non-hydrogen) atoms. The third kappa shape index (κ3) is 7.87. The van der Waals surface area contributed by atoms with Gasteiger partial charge in [-0.1, -0.05) is 60.7 Å². The van der Waals surface area contributed by atoms with E-state index >= 15 is 0 Å². The van der Waals surface area contributed by atoms with Crippen molar-refractivity contribution >= 4 is 22.7 Å². The van der Waals surface area contributed by atoms with Crippen LogP contribution in [0.1, 0.15) is 38.8 Å². The Morgan fingerprint density at radius 2 is 0.852 bits per heavy atom. The van der Waals surface area contributed by atoms with E-state index in [0.717, 1.165) is 11.1 Å². The Balaban J connectivity index is 0.000000483. The van der Waals surface area contributed by atoms with Crippen LogP contribution in [-0.2, 0) is 25.8 Å². The fraction of sp³-hybridized carbons (Fsp3) is 0.182. The summed E-state index contributed by atoms with van der Waals surface area (Å²) in [5.74, 6) is 0.523. The monoisotopic (exact) mass is 534 g/mol. The maximum atomic E-state index is 9.33. The molecule has 0 fully saturated rings. The zero-order valence-corrected chi connectivity index (χ0v) is 19.7. The van der Waals surface area contributed by atoms with Gasteiger partial charge in [-0.25, -0.2) is 0 Å². The van der Waals surface area contributed by atoms with Gasteiger partial charge in [0, 0.05) is 25.8 Å². The smallest absolute Gasteiger partial charge is 0.324 e. The van der Waals surface area contributed by atoms with E-state index in [9.17, 15) is 19.8 Å². The first kappa shape index (κ1) is 24.7. The second-order valence-corrected chi connectivity index (χ2v) is 5.82. The van der Waals surface area contributed by atoms with Crippen LogP contribution in [0.3, 0.4) is 0 Å². The van der Waals surface area contributed by atoms with E-state index in [0.29, 0.717) is 11.1 Å². The molecular weight excluding hydrogens is 507 g/mol. The van der Waals surface area contributed by atoms with Crippen LogP contribution in [0, 0.1) is 0 Å². The van der Waals surface area contributed by atoms with Gasteiger partial charge in [0.15, 0.2) is 0 Å². The van der Waals surface area contributed by atoms with Gasteiger partial charge in [-0.15, -0.1) is 0 Å². The first-order chi connectivity index (χ1) is 12.3. The summed E-state index contributed by atoms with van der Waals surface area (Å²) in [5, 5.41) is 18.7. The standard InChI is InChI=1S/2C11H12O2.Hf/c2*1-8(12)11(9(2)13)10-6-4-3-5-7-10;/h2*3-7,12H,1-2H3;/p+2/b2*11-8+;. The van der Waals surface area contributed by atoms with Gasteiger partial charge >= 0.3 is 11.6 Å². The van der Waals surface area contributed by atoms with E-state index in [4.69, 9.17) is 0 Å². The van der Waals surface area contributed by atoms with Crippen molar-refractivity contribution in [1.29, 1.82) is 0 Å². The van der Waals surface area contributed by atoms with Gasteiger partial charge in [-0.05, 0) is 25.0 Å². The molecule has 0 saturated heterocycles. The molecule has 2 aromatic carbocycles. The molecule has 0 bridgehead atoms. The molecule has 0 heterocycles.